The van der Waals surface area contributed by atoms with Gasteiger partial charge in [0.2, 0.25) is 5.91 Å². The number of benzene rings is 1. The molecule has 1 rings (SSSR count). The van der Waals surface area contributed by atoms with Gasteiger partial charge in [-0.25, -0.2) is 0 Å². The fourth-order valence-corrected chi connectivity index (χ4v) is 1.72. The van der Waals surface area contributed by atoms with E-state index in [0.29, 0.717) is 31.2 Å². The summed E-state index contributed by atoms with van der Waals surface area (Å²) in [6.45, 7) is 5.99. The Bertz CT molecular complexity index is 527. The van der Waals surface area contributed by atoms with Crippen molar-refractivity contribution >= 4 is 17.7 Å². The summed E-state index contributed by atoms with van der Waals surface area (Å²) in [7, 11) is 0. The van der Waals surface area contributed by atoms with Gasteiger partial charge in [0.25, 0.3) is 5.69 Å². The first-order valence-electron chi connectivity index (χ1n) is 7.27. The van der Waals surface area contributed by atoms with E-state index in [2.05, 4.69) is 19.2 Å². The Hall–Kier alpha value is -2.21. The second-order valence-electron chi connectivity index (χ2n) is 5.26. The second kappa shape index (κ2) is 9.68. The first kappa shape index (κ1) is 17.8. The van der Waals surface area contributed by atoms with Crippen LogP contribution < -0.4 is 5.32 Å². The molecule has 0 atom stereocenters. The van der Waals surface area contributed by atoms with Gasteiger partial charge in [-0.2, -0.15) is 0 Å². The van der Waals surface area contributed by atoms with Gasteiger partial charge in [0.15, 0.2) is 0 Å². The van der Waals surface area contributed by atoms with E-state index >= 15 is 0 Å². The highest BCUT2D eigenvalue weighted by molar-refractivity contribution is 5.92. The highest BCUT2D eigenvalue weighted by Crippen LogP contribution is 2.18. The molecule has 0 spiro atoms. The lowest BCUT2D eigenvalue weighted by molar-refractivity contribution is -0.385. The Morgan fingerprint density at radius 2 is 2.14 bits per heavy atom. The summed E-state index contributed by atoms with van der Waals surface area (Å²) >= 11 is 0. The van der Waals surface area contributed by atoms with Crippen LogP contribution in [0.3, 0.4) is 0 Å². The summed E-state index contributed by atoms with van der Waals surface area (Å²) in [5.41, 5.74) is 0.386. The number of hydrogen-bond donors (Lipinski definition) is 1. The summed E-state index contributed by atoms with van der Waals surface area (Å²) < 4.78 is 5.40. The zero-order valence-electron chi connectivity index (χ0n) is 13.0. The van der Waals surface area contributed by atoms with Crippen LogP contribution in [-0.4, -0.2) is 30.6 Å². The number of nitrogens with zero attached hydrogens (tertiary/aromatic N) is 1. The number of hydrogen-bond acceptors (Lipinski definition) is 4. The maximum Gasteiger partial charge on any atom is 0.276 e. The van der Waals surface area contributed by atoms with Crippen molar-refractivity contribution in [2.75, 3.05) is 19.8 Å². The molecule has 0 aliphatic rings. The molecule has 1 N–H and O–H groups in total. The van der Waals surface area contributed by atoms with Crippen molar-refractivity contribution in [2.45, 2.75) is 20.3 Å². The van der Waals surface area contributed by atoms with E-state index in [4.69, 9.17) is 4.74 Å². The lowest BCUT2D eigenvalue weighted by Crippen LogP contribution is -2.23. The fourth-order valence-electron chi connectivity index (χ4n) is 1.72. The van der Waals surface area contributed by atoms with Crippen LogP contribution in [0, 0.1) is 16.0 Å². The minimum absolute atomic E-state index is 0.0198. The highest BCUT2D eigenvalue weighted by Gasteiger charge is 2.09. The third kappa shape index (κ3) is 6.99. The fraction of sp³-hybridized carbons (Fsp3) is 0.438. The quantitative estimate of drug-likeness (QED) is 0.329. The van der Waals surface area contributed by atoms with Crippen molar-refractivity contribution in [1.29, 1.82) is 0 Å². The van der Waals surface area contributed by atoms with Crippen LogP contribution >= 0.6 is 0 Å². The van der Waals surface area contributed by atoms with Crippen LogP contribution in [0.15, 0.2) is 30.3 Å². The van der Waals surface area contributed by atoms with Gasteiger partial charge in [-0.1, -0.05) is 26.0 Å². The van der Waals surface area contributed by atoms with Crippen molar-refractivity contribution < 1.29 is 14.5 Å². The Kier molecular flexibility index (Phi) is 7.85. The maximum absolute atomic E-state index is 11.6. The molecule has 0 saturated carbocycles. The van der Waals surface area contributed by atoms with Gasteiger partial charge >= 0.3 is 0 Å². The largest absolute Gasteiger partial charge is 0.381 e. The van der Waals surface area contributed by atoms with E-state index in [0.717, 1.165) is 6.42 Å². The van der Waals surface area contributed by atoms with Crippen LogP contribution in [0.2, 0.25) is 0 Å². The molecule has 0 aliphatic heterocycles. The van der Waals surface area contributed by atoms with Gasteiger partial charge in [0.05, 0.1) is 10.5 Å². The van der Waals surface area contributed by atoms with Crippen molar-refractivity contribution in [3.63, 3.8) is 0 Å². The van der Waals surface area contributed by atoms with Crippen LogP contribution in [0.5, 0.6) is 0 Å². The molecule has 0 saturated heterocycles. The van der Waals surface area contributed by atoms with Crippen LogP contribution in [0.4, 0.5) is 5.69 Å². The number of ether oxygens (including phenoxy) is 1. The van der Waals surface area contributed by atoms with E-state index in [1.807, 2.05) is 0 Å². The first-order chi connectivity index (χ1) is 10.5. The van der Waals surface area contributed by atoms with E-state index in [9.17, 15) is 14.9 Å². The average Bonchev–Trinajstić information content (AvgIpc) is 2.48. The summed E-state index contributed by atoms with van der Waals surface area (Å²) in [4.78, 5) is 22.0. The lowest BCUT2D eigenvalue weighted by atomic mass is 10.1. The predicted molar refractivity (Wildman–Crippen MR) is 85.4 cm³/mol. The lowest BCUT2D eigenvalue weighted by Gasteiger charge is -2.06. The number of carbonyl (C=O) groups is 1. The molecule has 1 aromatic rings. The van der Waals surface area contributed by atoms with Gasteiger partial charge in [-0.05, 0) is 24.5 Å². The number of amides is 1. The molecule has 0 aromatic heterocycles. The standard InChI is InChI=1S/C16H22N2O4/c1-13(2)12-22-11-5-10-17-16(19)9-8-14-6-3-4-7-15(14)18(20)21/h3-4,6-9,13H,5,10-12H2,1-2H3,(H,17,19)/b9-8+. The number of nitro benzene ring substituents is 1. The number of nitro groups is 1. The van der Waals surface area contributed by atoms with Crippen LogP contribution in [0.25, 0.3) is 6.08 Å². The predicted octanol–water partition coefficient (Wildman–Crippen LogP) is 2.79. The maximum atomic E-state index is 11.6. The number of rotatable bonds is 9. The molecule has 22 heavy (non-hydrogen) atoms. The van der Waals surface area contributed by atoms with Gasteiger partial charge in [-0.3, -0.25) is 14.9 Å². The topological polar surface area (TPSA) is 81.5 Å². The molecule has 0 bridgehead atoms. The van der Waals surface area contributed by atoms with Crippen molar-refractivity contribution in [2.24, 2.45) is 5.92 Å². The molecule has 1 amide bonds. The average molecular weight is 306 g/mol. The van der Waals surface area contributed by atoms with Gasteiger partial charge in [0.1, 0.15) is 0 Å². The third-order valence-corrected chi connectivity index (χ3v) is 2.76. The molecule has 120 valence electrons. The number of para-hydroxylation sites is 1. The molecule has 1 aromatic carbocycles. The van der Waals surface area contributed by atoms with Gasteiger partial charge in [-0.15, -0.1) is 0 Å². The highest BCUT2D eigenvalue weighted by atomic mass is 16.6. The number of nitrogens with one attached hydrogen (secondary N) is 1. The molecule has 0 unspecified atom stereocenters. The molecular weight excluding hydrogens is 284 g/mol. The molecule has 0 aliphatic carbocycles. The zero-order chi connectivity index (χ0) is 16.4. The van der Waals surface area contributed by atoms with Gasteiger partial charge in [0, 0.05) is 31.9 Å². The summed E-state index contributed by atoms with van der Waals surface area (Å²) in [5, 5.41) is 13.6. The molecule has 0 heterocycles. The summed E-state index contributed by atoms with van der Waals surface area (Å²) in [5.74, 6) is 0.223. The van der Waals surface area contributed by atoms with Crippen LogP contribution in [0.1, 0.15) is 25.8 Å². The van der Waals surface area contributed by atoms with Gasteiger partial charge < -0.3 is 10.1 Å². The van der Waals surface area contributed by atoms with Crippen LogP contribution in [-0.2, 0) is 9.53 Å². The molecule has 0 fully saturated rings. The molecule has 6 nitrogen and oxygen atoms in total. The van der Waals surface area contributed by atoms with E-state index in [1.165, 1.54) is 18.2 Å². The Morgan fingerprint density at radius 3 is 2.82 bits per heavy atom. The van der Waals surface area contributed by atoms with E-state index in [1.54, 1.807) is 18.2 Å². The Morgan fingerprint density at radius 1 is 1.41 bits per heavy atom. The molecule has 0 radical (unpaired) electrons. The Balaban J connectivity index is 2.35. The number of carbonyl (C=O) groups excluding carboxylic acids is 1. The summed E-state index contributed by atoms with van der Waals surface area (Å²) in [6, 6.07) is 6.29. The molecular formula is C16H22N2O4. The van der Waals surface area contributed by atoms with E-state index in [-0.39, 0.29) is 11.6 Å². The minimum atomic E-state index is -0.469. The van der Waals surface area contributed by atoms with E-state index < -0.39 is 4.92 Å². The molecule has 6 heteroatoms. The van der Waals surface area contributed by atoms with Crippen molar-refractivity contribution in [1.82, 2.24) is 5.32 Å². The zero-order valence-corrected chi connectivity index (χ0v) is 13.0. The smallest absolute Gasteiger partial charge is 0.276 e. The normalized spacial score (nSPS) is 11.0. The SMILES string of the molecule is CC(C)COCCCNC(=O)/C=C/c1ccccc1[N+](=O)[O-]. The van der Waals surface area contributed by atoms with Crippen molar-refractivity contribution in [3.05, 3.63) is 46.0 Å². The van der Waals surface area contributed by atoms with Crippen molar-refractivity contribution in [3.8, 4) is 0 Å². The monoisotopic (exact) mass is 306 g/mol. The Labute approximate surface area is 130 Å². The first-order valence-corrected chi connectivity index (χ1v) is 7.27. The second-order valence-corrected chi connectivity index (χ2v) is 5.26. The summed E-state index contributed by atoms with van der Waals surface area (Å²) in [6.07, 6.45) is 3.48. The third-order valence-electron chi connectivity index (χ3n) is 2.76. The minimum Gasteiger partial charge on any atom is -0.381 e.